The summed E-state index contributed by atoms with van der Waals surface area (Å²) in [4.78, 5) is 11.9. The van der Waals surface area contributed by atoms with E-state index in [0.717, 1.165) is 0 Å². The van der Waals surface area contributed by atoms with Gasteiger partial charge in [0.1, 0.15) is 11.5 Å². The zero-order chi connectivity index (χ0) is 17.8. The third-order valence-corrected chi connectivity index (χ3v) is 4.87. The van der Waals surface area contributed by atoms with E-state index in [1.54, 1.807) is 32.4 Å². The molecule has 1 aliphatic rings. The summed E-state index contributed by atoms with van der Waals surface area (Å²) in [6, 6.07) is 5.57. The molecule has 2 aromatic rings. The highest BCUT2D eigenvalue weighted by Crippen LogP contribution is 2.32. The first kappa shape index (κ1) is 17.6. The van der Waals surface area contributed by atoms with Crippen LogP contribution in [0.5, 0.6) is 11.5 Å². The van der Waals surface area contributed by atoms with Crippen LogP contribution < -0.4 is 14.8 Å². The summed E-state index contributed by atoms with van der Waals surface area (Å²) in [6.07, 6.45) is 2.40. The molecule has 7 nitrogen and oxygen atoms in total. The van der Waals surface area contributed by atoms with Crippen molar-refractivity contribution in [2.24, 2.45) is 5.92 Å². The number of carbonyl (C=O) groups is 1. The van der Waals surface area contributed by atoms with Gasteiger partial charge in [0.05, 0.1) is 20.0 Å². The Kier molecular flexibility index (Phi) is 5.47. The smallest absolute Gasteiger partial charge is 0.277 e. The molecule has 0 radical (unpaired) electrons. The highest BCUT2D eigenvalue weighted by Gasteiger charge is 2.28. The van der Waals surface area contributed by atoms with Crippen molar-refractivity contribution in [1.82, 2.24) is 15.5 Å². The third kappa shape index (κ3) is 4.66. The summed E-state index contributed by atoms with van der Waals surface area (Å²) in [6.45, 7) is 2.04. The number of amides is 1. The van der Waals surface area contributed by atoms with Crippen molar-refractivity contribution in [2.45, 2.75) is 31.0 Å². The Morgan fingerprint density at radius 2 is 1.96 bits per heavy atom. The molecule has 1 aromatic carbocycles. The minimum absolute atomic E-state index is 0.0211. The summed E-state index contributed by atoms with van der Waals surface area (Å²) >= 11 is 1.22. The number of rotatable bonds is 8. The fourth-order valence-corrected chi connectivity index (χ4v) is 3.03. The van der Waals surface area contributed by atoms with Crippen molar-refractivity contribution in [3.8, 4) is 23.0 Å². The van der Waals surface area contributed by atoms with Gasteiger partial charge in [-0.2, -0.15) is 0 Å². The van der Waals surface area contributed by atoms with Crippen molar-refractivity contribution in [1.29, 1.82) is 0 Å². The van der Waals surface area contributed by atoms with Gasteiger partial charge in [0.15, 0.2) is 0 Å². The molecule has 0 saturated heterocycles. The Labute approximate surface area is 150 Å². The lowest BCUT2D eigenvalue weighted by molar-refractivity contribution is -0.119. The van der Waals surface area contributed by atoms with Gasteiger partial charge in [-0.05, 0) is 37.8 Å². The van der Waals surface area contributed by atoms with E-state index in [-0.39, 0.29) is 17.7 Å². The number of hydrogen-bond acceptors (Lipinski definition) is 7. The van der Waals surface area contributed by atoms with E-state index in [2.05, 4.69) is 15.5 Å². The molecule has 1 N–H and O–H groups in total. The SMILES string of the molecule is COc1cc(OC)cc(-c2nnc(SCC(=O)N[C@@H](C)C3CC3)o2)c1. The van der Waals surface area contributed by atoms with Gasteiger partial charge in [-0.3, -0.25) is 4.79 Å². The molecule has 1 heterocycles. The topological polar surface area (TPSA) is 86.5 Å². The molecule has 1 aromatic heterocycles. The van der Waals surface area contributed by atoms with Gasteiger partial charge in [0, 0.05) is 17.7 Å². The summed E-state index contributed by atoms with van der Waals surface area (Å²) in [5.41, 5.74) is 0.697. The molecule has 1 aliphatic carbocycles. The molecule has 134 valence electrons. The first-order valence-electron chi connectivity index (χ1n) is 8.08. The summed E-state index contributed by atoms with van der Waals surface area (Å²) < 4.78 is 16.1. The number of hydrogen-bond donors (Lipinski definition) is 1. The van der Waals surface area contributed by atoms with Gasteiger partial charge in [0.2, 0.25) is 11.8 Å². The molecule has 1 atom stereocenters. The standard InChI is InChI=1S/C17H21N3O4S/c1-10(11-4-5-11)18-15(21)9-25-17-20-19-16(24-17)12-6-13(22-2)8-14(7-12)23-3/h6-8,10-11H,4-5,9H2,1-3H3,(H,18,21)/t10-/m0/s1. The Morgan fingerprint density at radius 1 is 1.28 bits per heavy atom. The summed E-state index contributed by atoms with van der Waals surface area (Å²) in [7, 11) is 3.16. The lowest BCUT2D eigenvalue weighted by Crippen LogP contribution is -2.35. The molecular formula is C17H21N3O4S. The predicted molar refractivity (Wildman–Crippen MR) is 93.9 cm³/mol. The van der Waals surface area contributed by atoms with E-state index in [1.165, 1.54) is 24.6 Å². The lowest BCUT2D eigenvalue weighted by Gasteiger charge is -2.11. The first-order chi connectivity index (χ1) is 12.1. The van der Waals surface area contributed by atoms with Crippen LogP contribution in [0.25, 0.3) is 11.5 Å². The Hall–Kier alpha value is -2.22. The molecule has 8 heteroatoms. The molecule has 1 amide bonds. The second-order valence-corrected chi connectivity index (χ2v) is 6.88. The van der Waals surface area contributed by atoms with Gasteiger partial charge >= 0.3 is 0 Å². The Morgan fingerprint density at radius 3 is 2.56 bits per heavy atom. The minimum atomic E-state index is -0.0211. The van der Waals surface area contributed by atoms with Crippen LogP contribution in [-0.4, -0.2) is 42.1 Å². The molecule has 1 fully saturated rings. The zero-order valence-electron chi connectivity index (χ0n) is 14.4. The van der Waals surface area contributed by atoms with E-state index in [0.29, 0.717) is 34.1 Å². The fraction of sp³-hybridized carbons (Fsp3) is 0.471. The molecular weight excluding hydrogens is 342 g/mol. The molecule has 0 unspecified atom stereocenters. The van der Waals surface area contributed by atoms with Crippen LogP contribution in [0.15, 0.2) is 27.8 Å². The number of methoxy groups -OCH3 is 2. The van der Waals surface area contributed by atoms with Gasteiger partial charge < -0.3 is 19.2 Å². The Bertz CT molecular complexity index is 723. The zero-order valence-corrected chi connectivity index (χ0v) is 15.3. The fourth-order valence-electron chi connectivity index (χ4n) is 2.45. The van der Waals surface area contributed by atoms with Crippen LogP contribution in [0, 0.1) is 5.92 Å². The maximum Gasteiger partial charge on any atom is 0.277 e. The molecule has 3 rings (SSSR count). The molecule has 25 heavy (non-hydrogen) atoms. The van der Waals surface area contributed by atoms with Crippen LogP contribution in [0.2, 0.25) is 0 Å². The van der Waals surface area contributed by atoms with Crippen LogP contribution in [0.4, 0.5) is 0 Å². The van der Waals surface area contributed by atoms with E-state index in [4.69, 9.17) is 13.9 Å². The maximum absolute atomic E-state index is 11.9. The molecule has 1 saturated carbocycles. The van der Waals surface area contributed by atoms with Crippen molar-refractivity contribution < 1.29 is 18.7 Å². The largest absolute Gasteiger partial charge is 0.497 e. The third-order valence-electron chi connectivity index (χ3n) is 4.05. The second kappa shape index (κ2) is 7.77. The van der Waals surface area contributed by atoms with Gasteiger partial charge in [-0.1, -0.05) is 11.8 Å². The van der Waals surface area contributed by atoms with E-state index >= 15 is 0 Å². The summed E-state index contributed by atoms with van der Waals surface area (Å²) in [5, 5.41) is 11.4. The Balaban J connectivity index is 1.61. The molecule has 0 spiro atoms. The number of nitrogens with zero attached hydrogens (tertiary/aromatic N) is 2. The number of ether oxygens (including phenoxy) is 2. The van der Waals surface area contributed by atoms with Gasteiger partial charge in [-0.25, -0.2) is 0 Å². The molecule has 0 bridgehead atoms. The summed E-state index contributed by atoms with van der Waals surface area (Å²) in [5.74, 6) is 2.48. The normalized spacial score (nSPS) is 14.8. The van der Waals surface area contributed by atoms with E-state index in [1.807, 2.05) is 6.92 Å². The number of aromatic nitrogens is 2. The second-order valence-electron chi connectivity index (χ2n) is 5.96. The number of carbonyl (C=O) groups excluding carboxylic acids is 1. The maximum atomic E-state index is 11.9. The average Bonchev–Trinajstić information content (AvgIpc) is 3.37. The van der Waals surface area contributed by atoms with Crippen LogP contribution in [0.3, 0.4) is 0 Å². The number of thioether (sulfide) groups is 1. The average molecular weight is 363 g/mol. The van der Waals surface area contributed by atoms with E-state index in [9.17, 15) is 4.79 Å². The van der Waals surface area contributed by atoms with E-state index < -0.39 is 0 Å². The highest BCUT2D eigenvalue weighted by atomic mass is 32.2. The van der Waals surface area contributed by atoms with Crippen molar-refractivity contribution in [2.75, 3.05) is 20.0 Å². The van der Waals surface area contributed by atoms with Crippen molar-refractivity contribution in [3.05, 3.63) is 18.2 Å². The van der Waals surface area contributed by atoms with Crippen LogP contribution in [0.1, 0.15) is 19.8 Å². The lowest BCUT2D eigenvalue weighted by atomic mass is 10.2. The number of benzene rings is 1. The molecule has 0 aliphatic heterocycles. The predicted octanol–water partition coefficient (Wildman–Crippen LogP) is 2.76. The van der Waals surface area contributed by atoms with Crippen LogP contribution in [-0.2, 0) is 4.79 Å². The minimum Gasteiger partial charge on any atom is -0.497 e. The van der Waals surface area contributed by atoms with Crippen LogP contribution >= 0.6 is 11.8 Å². The van der Waals surface area contributed by atoms with Gasteiger partial charge in [0.25, 0.3) is 5.22 Å². The number of nitrogens with one attached hydrogen (secondary N) is 1. The van der Waals surface area contributed by atoms with Crippen molar-refractivity contribution in [3.63, 3.8) is 0 Å². The highest BCUT2D eigenvalue weighted by molar-refractivity contribution is 7.99. The quantitative estimate of drug-likeness (QED) is 0.722. The first-order valence-corrected chi connectivity index (χ1v) is 9.06. The van der Waals surface area contributed by atoms with Gasteiger partial charge in [-0.15, -0.1) is 10.2 Å². The van der Waals surface area contributed by atoms with Crippen molar-refractivity contribution >= 4 is 17.7 Å². The monoisotopic (exact) mass is 363 g/mol.